The van der Waals surface area contributed by atoms with Crippen LogP contribution < -0.4 is 4.74 Å². The fourth-order valence-corrected chi connectivity index (χ4v) is 2.75. The lowest BCUT2D eigenvalue weighted by molar-refractivity contribution is 0.0593. The van der Waals surface area contributed by atoms with Crippen molar-refractivity contribution < 1.29 is 14.3 Å². The number of nitrogens with zero attached hydrogens (tertiary/aromatic N) is 2. The molecule has 0 spiro atoms. The van der Waals surface area contributed by atoms with Crippen molar-refractivity contribution in [1.82, 2.24) is 9.88 Å². The average molecular weight is 317 g/mol. The number of fused-ring (bicyclic) bond motifs is 1. The predicted molar refractivity (Wildman–Crippen MR) is 81.2 cm³/mol. The normalized spacial score (nSPS) is 15.0. The molecule has 0 saturated carbocycles. The minimum absolute atomic E-state index is 0.287. The third-order valence-corrected chi connectivity index (χ3v) is 3.92. The van der Waals surface area contributed by atoms with Gasteiger partial charge in [0.2, 0.25) is 5.88 Å². The Bertz CT molecular complexity index is 741. The second kappa shape index (κ2) is 5.42. The number of carbonyl (C=O) groups excluding carboxylic acids is 2. The van der Waals surface area contributed by atoms with Gasteiger partial charge in [0.1, 0.15) is 5.15 Å². The van der Waals surface area contributed by atoms with Gasteiger partial charge in [-0.1, -0.05) is 23.7 Å². The van der Waals surface area contributed by atoms with Gasteiger partial charge >= 0.3 is 0 Å². The van der Waals surface area contributed by atoms with Gasteiger partial charge in [-0.2, -0.15) is 0 Å². The first kappa shape index (κ1) is 14.5. The molecule has 2 aromatic rings. The molecule has 0 unspecified atom stereocenters. The number of benzene rings is 1. The molecule has 0 aliphatic carbocycles. The fraction of sp³-hybridized carbons (Fsp3) is 0.188. The zero-order valence-corrected chi connectivity index (χ0v) is 12.8. The van der Waals surface area contributed by atoms with Gasteiger partial charge in [-0.25, -0.2) is 4.98 Å². The molecule has 0 N–H and O–H groups in total. The van der Waals surface area contributed by atoms with E-state index in [1.54, 1.807) is 43.3 Å². The van der Waals surface area contributed by atoms with E-state index in [9.17, 15) is 9.59 Å². The van der Waals surface area contributed by atoms with Gasteiger partial charge in [-0.15, -0.1) is 0 Å². The summed E-state index contributed by atoms with van der Waals surface area (Å²) in [5.74, 6) is -0.327. The summed E-state index contributed by atoms with van der Waals surface area (Å²) >= 11 is 5.85. The van der Waals surface area contributed by atoms with Crippen molar-refractivity contribution in [2.75, 3.05) is 7.11 Å². The third-order valence-electron chi connectivity index (χ3n) is 3.71. The minimum atomic E-state index is -0.507. The van der Waals surface area contributed by atoms with Gasteiger partial charge in [0.15, 0.2) is 0 Å². The summed E-state index contributed by atoms with van der Waals surface area (Å²) in [6.45, 7) is 1.76. The molecule has 1 aliphatic heterocycles. The van der Waals surface area contributed by atoms with Gasteiger partial charge in [0.05, 0.1) is 24.3 Å². The number of imide groups is 1. The lowest BCUT2D eigenvalue weighted by Crippen LogP contribution is -2.32. The maximum atomic E-state index is 12.5. The summed E-state index contributed by atoms with van der Waals surface area (Å²) in [4.78, 5) is 30.3. The van der Waals surface area contributed by atoms with Crippen molar-refractivity contribution in [3.8, 4) is 5.88 Å². The number of hydrogen-bond acceptors (Lipinski definition) is 4. The Kier molecular flexibility index (Phi) is 3.58. The van der Waals surface area contributed by atoms with E-state index < -0.39 is 6.04 Å². The van der Waals surface area contributed by atoms with E-state index in [0.717, 1.165) is 0 Å². The molecule has 0 bridgehead atoms. The highest BCUT2D eigenvalue weighted by Gasteiger charge is 2.39. The van der Waals surface area contributed by atoms with Gasteiger partial charge < -0.3 is 4.74 Å². The summed E-state index contributed by atoms with van der Waals surface area (Å²) in [7, 11) is 1.47. The first-order valence-corrected chi connectivity index (χ1v) is 7.09. The molecule has 1 aromatic carbocycles. The van der Waals surface area contributed by atoms with Crippen LogP contribution in [0.3, 0.4) is 0 Å². The summed E-state index contributed by atoms with van der Waals surface area (Å²) in [5.41, 5.74) is 1.46. The highest BCUT2D eigenvalue weighted by Crippen LogP contribution is 2.34. The molecule has 1 aliphatic rings. The fourth-order valence-electron chi connectivity index (χ4n) is 2.61. The predicted octanol–water partition coefficient (Wildman–Crippen LogP) is 3.10. The van der Waals surface area contributed by atoms with Crippen molar-refractivity contribution in [2.45, 2.75) is 13.0 Å². The maximum absolute atomic E-state index is 12.5. The highest BCUT2D eigenvalue weighted by atomic mass is 35.5. The zero-order chi connectivity index (χ0) is 15.9. The Balaban J connectivity index is 2.03. The molecular weight excluding hydrogens is 304 g/mol. The molecule has 6 heteroatoms. The van der Waals surface area contributed by atoms with E-state index in [2.05, 4.69) is 4.98 Å². The van der Waals surface area contributed by atoms with E-state index in [1.165, 1.54) is 12.0 Å². The average Bonchev–Trinajstić information content (AvgIpc) is 2.78. The number of rotatable bonds is 3. The van der Waals surface area contributed by atoms with Crippen molar-refractivity contribution in [1.29, 1.82) is 0 Å². The molecule has 5 nitrogen and oxygen atoms in total. The van der Waals surface area contributed by atoms with Crippen LogP contribution in [0.25, 0.3) is 0 Å². The Morgan fingerprint density at radius 3 is 2.23 bits per heavy atom. The topological polar surface area (TPSA) is 59.5 Å². The van der Waals surface area contributed by atoms with Crippen molar-refractivity contribution in [3.63, 3.8) is 0 Å². The van der Waals surface area contributed by atoms with E-state index >= 15 is 0 Å². The van der Waals surface area contributed by atoms with E-state index in [-0.39, 0.29) is 17.0 Å². The molecule has 0 fully saturated rings. The molecule has 112 valence electrons. The SMILES string of the molecule is COc1nc(Cl)ccc1[C@H](C)N1C(=O)c2ccccc2C1=O. The van der Waals surface area contributed by atoms with E-state index in [1.807, 2.05) is 0 Å². The van der Waals surface area contributed by atoms with Crippen LogP contribution >= 0.6 is 11.6 Å². The van der Waals surface area contributed by atoms with Crippen molar-refractivity contribution >= 4 is 23.4 Å². The monoisotopic (exact) mass is 316 g/mol. The number of amides is 2. The molecule has 0 saturated heterocycles. The molecule has 2 heterocycles. The molecule has 2 amide bonds. The Morgan fingerprint density at radius 2 is 1.68 bits per heavy atom. The number of carbonyl (C=O) groups is 2. The van der Waals surface area contributed by atoms with Crippen LogP contribution in [0.15, 0.2) is 36.4 Å². The van der Waals surface area contributed by atoms with Crippen LogP contribution in [-0.2, 0) is 0 Å². The summed E-state index contributed by atoms with van der Waals surface area (Å²) in [5, 5.41) is 0.287. The zero-order valence-electron chi connectivity index (χ0n) is 12.0. The standard InChI is InChI=1S/C16H13ClN2O3/c1-9(10-7-8-13(17)18-14(10)22-2)19-15(20)11-5-3-4-6-12(11)16(19)21/h3-9H,1-2H3/t9-/m0/s1. The summed E-state index contributed by atoms with van der Waals surface area (Å²) in [6.07, 6.45) is 0. The second-order valence-corrected chi connectivity index (χ2v) is 5.32. The number of hydrogen-bond donors (Lipinski definition) is 0. The molecule has 1 aromatic heterocycles. The Morgan fingerprint density at radius 1 is 1.09 bits per heavy atom. The third kappa shape index (κ3) is 2.14. The quantitative estimate of drug-likeness (QED) is 0.645. The number of ether oxygens (including phenoxy) is 1. The van der Waals surface area contributed by atoms with Crippen LogP contribution in [0, 0.1) is 0 Å². The maximum Gasteiger partial charge on any atom is 0.262 e. The minimum Gasteiger partial charge on any atom is -0.481 e. The van der Waals surface area contributed by atoms with Crippen molar-refractivity contribution in [2.24, 2.45) is 0 Å². The first-order chi connectivity index (χ1) is 10.5. The number of halogens is 1. The molecule has 22 heavy (non-hydrogen) atoms. The highest BCUT2D eigenvalue weighted by molar-refractivity contribution is 6.29. The van der Waals surface area contributed by atoms with E-state index in [0.29, 0.717) is 22.6 Å². The first-order valence-electron chi connectivity index (χ1n) is 6.72. The second-order valence-electron chi connectivity index (χ2n) is 4.93. The van der Waals surface area contributed by atoms with Gasteiger partial charge in [0, 0.05) is 5.56 Å². The Labute approximate surface area is 132 Å². The van der Waals surface area contributed by atoms with E-state index in [4.69, 9.17) is 16.3 Å². The number of pyridine rings is 1. The Hall–Kier alpha value is -2.40. The smallest absolute Gasteiger partial charge is 0.262 e. The molecule has 1 atom stereocenters. The number of aromatic nitrogens is 1. The lowest BCUT2D eigenvalue weighted by atomic mass is 10.1. The van der Waals surface area contributed by atoms with Gasteiger partial charge in [-0.05, 0) is 31.2 Å². The summed E-state index contributed by atoms with van der Waals surface area (Å²) in [6, 6.07) is 9.59. The van der Waals surface area contributed by atoms with Crippen LogP contribution in [0.2, 0.25) is 5.15 Å². The lowest BCUT2D eigenvalue weighted by Gasteiger charge is -2.23. The molecular formula is C16H13ClN2O3. The van der Waals surface area contributed by atoms with Crippen LogP contribution in [0.5, 0.6) is 5.88 Å². The van der Waals surface area contributed by atoms with Crippen molar-refractivity contribution in [3.05, 3.63) is 58.2 Å². The molecule has 3 rings (SSSR count). The van der Waals surface area contributed by atoms with Crippen LogP contribution in [0.4, 0.5) is 0 Å². The van der Waals surface area contributed by atoms with Gasteiger partial charge in [-0.3, -0.25) is 14.5 Å². The van der Waals surface area contributed by atoms with Crippen LogP contribution in [0.1, 0.15) is 39.2 Å². The van der Waals surface area contributed by atoms with Crippen LogP contribution in [-0.4, -0.2) is 28.8 Å². The van der Waals surface area contributed by atoms with Gasteiger partial charge in [0.25, 0.3) is 11.8 Å². The number of methoxy groups -OCH3 is 1. The summed E-state index contributed by atoms with van der Waals surface area (Å²) < 4.78 is 5.21. The largest absolute Gasteiger partial charge is 0.481 e. The molecule has 0 radical (unpaired) electrons.